The predicted octanol–water partition coefficient (Wildman–Crippen LogP) is 6.03. The number of rotatable bonds is 3. The molecule has 1 aliphatic heterocycles. The number of ketones is 1. The van der Waals surface area contributed by atoms with Crippen LogP contribution in [-0.2, 0) is 9.53 Å². The second-order valence-corrected chi connectivity index (χ2v) is 10.5. The van der Waals surface area contributed by atoms with Gasteiger partial charge in [-0.3, -0.25) is 4.79 Å². The third-order valence-corrected chi connectivity index (χ3v) is 8.75. The number of fused-ring (bicyclic) bond motifs is 4. The minimum Gasteiger partial charge on any atom is -0.497 e. The Morgan fingerprint density at radius 2 is 1.89 bits per heavy atom. The molecule has 0 spiro atoms. The fraction of sp³-hybridized carbons (Fsp3) is 0.536. The lowest BCUT2D eigenvalue weighted by Crippen LogP contribution is -2.48. The summed E-state index contributed by atoms with van der Waals surface area (Å²) in [5, 5.41) is 11.6. The molecule has 1 heterocycles. The summed E-state index contributed by atoms with van der Waals surface area (Å²) in [6.07, 6.45) is 1.51. The highest BCUT2D eigenvalue weighted by molar-refractivity contribution is 5.93. The van der Waals surface area contributed by atoms with Crippen LogP contribution >= 0.6 is 0 Å². The van der Waals surface area contributed by atoms with Gasteiger partial charge in [-0.05, 0) is 90.5 Å². The van der Waals surface area contributed by atoms with Gasteiger partial charge >= 0.3 is 6.18 Å². The number of benzene rings is 1. The number of halogens is 3. The molecule has 0 amide bonds. The van der Waals surface area contributed by atoms with Crippen LogP contribution < -0.4 is 4.74 Å². The molecule has 3 aliphatic carbocycles. The number of hydrogen-bond acceptors (Lipinski definition) is 4. The van der Waals surface area contributed by atoms with E-state index in [1.807, 2.05) is 31.2 Å². The highest BCUT2D eigenvalue weighted by Crippen LogP contribution is 2.62. The van der Waals surface area contributed by atoms with Crippen LogP contribution in [0.5, 0.6) is 5.75 Å². The largest absolute Gasteiger partial charge is 0.497 e. The summed E-state index contributed by atoms with van der Waals surface area (Å²) in [5.74, 6) is 0.883. The molecule has 35 heavy (non-hydrogen) atoms. The maximum absolute atomic E-state index is 13.1. The predicted molar refractivity (Wildman–Crippen MR) is 125 cm³/mol. The zero-order chi connectivity index (χ0) is 25.0. The number of alkyl halides is 3. The van der Waals surface area contributed by atoms with Crippen molar-refractivity contribution in [3.63, 3.8) is 0 Å². The number of methoxy groups -OCH3 is 1. The summed E-state index contributed by atoms with van der Waals surface area (Å²) in [6, 6.07) is 7.66. The van der Waals surface area contributed by atoms with Gasteiger partial charge in [0.05, 0.1) is 19.3 Å². The summed E-state index contributed by atoms with van der Waals surface area (Å²) in [4.78, 5) is 12.2. The Morgan fingerprint density at radius 1 is 1.14 bits per heavy atom. The van der Waals surface area contributed by atoms with Gasteiger partial charge in [0.15, 0.2) is 5.78 Å². The summed E-state index contributed by atoms with van der Waals surface area (Å²) in [7, 11) is 1.60. The van der Waals surface area contributed by atoms with Crippen LogP contribution in [-0.4, -0.2) is 36.4 Å². The molecule has 7 heteroatoms. The van der Waals surface area contributed by atoms with Crippen molar-refractivity contribution in [3.8, 4) is 5.75 Å². The van der Waals surface area contributed by atoms with Crippen LogP contribution in [0.4, 0.5) is 13.2 Å². The van der Waals surface area contributed by atoms with Gasteiger partial charge in [0.2, 0.25) is 0 Å². The van der Waals surface area contributed by atoms with Crippen LogP contribution in [0, 0.1) is 17.3 Å². The summed E-state index contributed by atoms with van der Waals surface area (Å²) in [6.45, 7) is 2.01. The van der Waals surface area contributed by atoms with Crippen molar-refractivity contribution in [3.05, 3.63) is 64.8 Å². The van der Waals surface area contributed by atoms with Gasteiger partial charge in [0, 0.05) is 17.9 Å². The van der Waals surface area contributed by atoms with Crippen molar-refractivity contribution in [2.45, 2.75) is 63.3 Å². The van der Waals surface area contributed by atoms with E-state index in [1.165, 1.54) is 0 Å². The van der Waals surface area contributed by atoms with Crippen molar-refractivity contribution in [1.82, 2.24) is 0 Å². The minimum atomic E-state index is -4.49. The van der Waals surface area contributed by atoms with Gasteiger partial charge in [-0.1, -0.05) is 19.1 Å². The van der Waals surface area contributed by atoms with Crippen LogP contribution in [0.25, 0.3) is 0 Å². The fourth-order valence-electron chi connectivity index (χ4n) is 6.86. The quantitative estimate of drug-likeness (QED) is 0.528. The summed E-state index contributed by atoms with van der Waals surface area (Å²) < 4.78 is 51.1. The second kappa shape index (κ2) is 8.63. The molecule has 1 saturated heterocycles. The zero-order valence-electron chi connectivity index (χ0n) is 20.0. The minimum absolute atomic E-state index is 0.0321. The first-order chi connectivity index (χ1) is 16.5. The van der Waals surface area contributed by atoms with Crippen molar-refractivity contribution in [1.29, 1.82) is 0 Å². The van der Waals surface area contributed by atoms with E-state index in [-0.39, 0.29) is 36.7 Å². The monoisotopic (exact) mass is 488 g/mol. The molecule has 4 nitrogen and oxygen atoms in total. The highest BCUT2D eigenvalue weighted by atomic mass is 19.4. The number of hydrogen-bond donors (Lipinski definition) is 1. The van der Waals surface area contributed by atoms with E-state index in [1.54, 1.807) is 13.2 Å². The molecule has 1 aromatic carbocycles. The molecule has 4 aliphatic rings. The van der Waals surface area contributed by atoms with Crippen molar-refractivity contribution >= 4 is 5.78 Å². The third-order valence-electron chi connectivity index (χ3n) is 8.75. The lowest BCUT2D eigenvalue weighted by molar-refractivity contribution is -0.114. The van der Waals surface area contributed by atoms with Crippen LogP contribution in [0.1, 0.15) is 57.1 Å². The Morgan fingerprint density at radius 3 is 2.57 bits per heavy atom. The Hall–Kier alpha value is -2.38. The maximum Gasteiger partial charge on any atom is 0.409 e. The first kappa shape index (κ1) is 24.3. The molecule has 5 atom stereocenters. The van der Waals surface area contributed by atoms with Crippen molar-refractivity contribution < 1.29 is 32.5 Å². The van der Waals surface area contributed by atoms with E-state index in [9.17, 15) is 23.1 Å². The van der Waals surface area contributed by atoms with Gasteiger partial charge in [0.25, 0.3) is 0 Å². The Balaban J connectivity index is 1.63. The number of allylic oxidation sites excluding steroid dienone is 4. The van der Waals surface area contributed by atoms with Crippen LogP contribution in [0.3, 0.4) is 0 Å². The molecule has 1 N–H and O–H groups in total. The molecule has 1 saturated carbocycles. The fourth-order valence-corrected chi connectivity index (χ4v) is 6.86. The first-order valence-corrected chi connectivity index (χ1v) is 12.3. The van der Waals surface area contributed by atoms with E-state index < -0.39 is 23.3 Å². The van der Waals surface area contributed by atoms with Gasteiger partial charge in [0.1, 0.15) is 11.9 Å². The van der Waals surface area contributed by atoms with Crippen LogP contribution in [0.15, 0.2) is 59.2 Å². The molecular weight excluding hydrogens is 457 g/mol. The van der Waals surface area contributed by atoms with E-state index in [2.05, 4.69) is 0 Å². The molecular formula is C28H31F3O4. The lowest BCUT2D eigenvalue weighted by Gasteiger charge is -2.43. The lowest BCUT2D eigenvalue weighted by atomic mass is 9.61. The average Bonchev–Trinajstić information content (AvgIpc) is 2.99. The second-order valence-electron chi connectivity index (χ2n) is 10.5. The van der Waals surface area contributed by atoms with Crippen molar-refractivity contribution in [2.24, 2.45) is 17.3 Å². The van der Waals surface area contributed by atoms with E-state index in [0.717, 1.165) is 46.9 Å². The highest BCUT2D eigenvalue weighted by Gasteiger charge is 2.60. The molecule has 2 fully saturated rings. The Labute approximate surface area is 203 Å². The smallest absolute Gasteiger partial charge is 0.409 e. The standard InChI is InChI=1S/C28H31F3O4/c1-26-16-35-25(17-3-7-20(34-2)8-4-17)24-21-10-6-19(32)15-18(21)5-9-22(24)23(26)11-12-27(26,33)13-14-28(29,30)31/h3-4,7-8,13-15,22-23,25,33H,5-6,9-12,16H2,1-2H3/t22?,23?,25-,26+,27-/m1/s1. The third kappa shape index (κ3) is 4.16. The number of carbonyl (C=O) groups is 1. The zero-order valence-corrected chi connectivity index (χ0v) is 20.0. The van der Waals surface area contributed by atoms with Crippen LogP contribution in [0.2, 0.25) is 0 Å². The topological polar surface area (TPSA) is 55.8 Å². The molecule has 5 rings (SSSR count). The summed E-state index contributed by atoms with van der Waals surface area (Å²) >= 11 is 0. The first-order valence-electron chi connectivity index (χ1n) is 12.3. The molecule has 2 unspecified atom stereocenters. The normalized spacial score (nSPS) is 35.3. The van der Waals surface area contributed by atoms with Gasteiger partial charge in [-0.2, -0.15) is 13.2 Å². The van der Waals surface area contributed by atoms with Gasteiger partial charge in [-0.25, -0.2) is 0 Å². The number of carbonyl (C=O) groups excluding carboxylic acids is 1. The Kier molecular flexibility index (Phi) is 5.99. The van der Waals surface area contributed by atoms with Gasteiger partial charge < -0.3 is 14.6 Å². The Bertz CT molecular complexity index is 1100. The number of ether oxygens (including phenoxy) is 2. The van der Waals surface area contributed by atoms with E-state index in [0.29, 0.717) is 19.3 Å². The SMILES string of the molecule is COc1ccc([C@H]2OC[C@@]3(C)C(CC[C@@]3(O)C=CC(F)(F)F)C3CCC4=CC(=O)CCC4=C32)cc1. The van der Waals surface area contributed by atoms with Crippen molar-refractivity contribution in [2.75, 3.05) is 13.7 Å². The summed E-state index contributed by atoms with van der Waals surface area (Å²) in [5.41, 5.74) is 1.80. The molecule has 188 valence electrons. The van der Waals surface area contributed by atoms with E-state index in [4.69, 9.17) is 9.47 Å². The molecule has 0 aromatic heterocycles. The molecule has 1 aromatic rings. The van der Waals surface area contributed by atoms with Gasteiger partial charge in [-0.15, -0.1) is 0 Å². The maximum atomic E-state index is 13.1. The molecule has 0 radical (unpaired) electrons. The molecule has 0 bridgehead atoms. The van der Waals surface area contributed by atoms with E-state index >= 15 is 0 Å². The average molecular weight is 489 g/mol. The number of aliphatic hydroxyl groups is 1.